The normalized spacial score (nSPS) is 11.9. The fraction of sp³-hybridized carbons (Fsp3) is 0.130. The van der Waals surface area contributed by atoms with E-state index in [-0.39, 0.29) is 6.42 Å². The van der Waals surface area contributed by atoms with Crippen molar-refractivity contribution in [3.8, 4) is 11.3 Å². The summed E-state index contributed by atoms with van der Waals surface area (Å²) < 4.78 is 1.60. The Bertz CT molecular complexity index is 1270. The Labute approximate surface area is 178 Å². The van der Waals surface area contributed by atoms with Crippen LogP contribution in [0.4, 0.5) is 0 Å². The lowest BCUT2D eigenvalue weighted by Crippen LogP contribution is -2.47. The number of H-pyrrole nitrogens is 1. The molecule has 0 radical (unpaired) electrons. The zero-order chi connectivity index (χ0) is 22.0. The first kappa shape index (κ1) is 20.1. The van der Waals surface area contributed by atoms with Crippen LogP contribution in [0.5, 0.6) is 0 Å². The van der Waals surface area contributed by atoms with Crippen LogP contribution in [0, 0.1) is 0 Å². The first-order valence-corrected chi connectivity index (χ1v) is 9.72. The summed E-state index contributed by atoms with van der Waals surface area (Å²) in [5.41, 5.74) is 8.64. The number of primary amides is 1. The Kier molecular flexibility index (Phi) is 5.36. The lowest BCUT2D eigenvalue weighted by molar-refractivity contribution is -0.137. The number of para-hydroxylation sites is 1. The highest BCUT2D eigenvalue weighted by Gasteiger charge is 2.28. The smallest absolute Gasteiger partial charge is 0.287 e. The van der Waals surface area contributed by atoms with Gasteiger partial charge in [-0.25, -0.2) is 0 Å². The van der Waals surface area contributed by atoms with Gasteiger partial charge in [-0.15, -0.1) is 0 Å². The number of nitrogens with zero attached hydrogens (tertiary/aromatic N) is 2. The van der Waals surface area contributed by atoms with Crippen LogP contribution >= 0.6 is 0 Å². The van der Waals surface area contributed by atoms with Crippen molar-refractivity contribution < 1.29 is 14.4 Å². The van der Waals surface area contributed by atoms with Crippen molar-refractivity contribution in [1.82, 2.24) is 20.1 Å². The highest BCUT2D eigenvalue weighted by Crippen LogP contribution is 2.30. The van der Waals surface area contributed by atoms with Gasteiger partial charge in [0.05, 0.1) is 17.5 Å². The number of amides is 2. The molecule has 2 heterocycles. The minimum atomic E-state index is -1.09. The summed E-state index contributed by atoms with van der Waals surface area (Å²) in [6.45, 7) is 0. The molecule has 0 aliphatic rings. The van der Waals surface area contributed by atoms with E-state index in [0.717, 1.165) is 22.0 Å². The zero-order valence-electron chi connectivity index (χ0n) is 16.8. The maximum atomic E-state index is 13.2. The summed E-state index contributed by atoms with van der Waals surface area (Å²) in [7, 11) is 1.74. The number of carbonyl (C=O) groups is 3. The number of nitrogens with two attached hydrogens (primary N) is 1. The van der Waals surface area contributed by atoms with Crippen molar-refractivity contribution >= 4 is 28.5 Å². The molecule has 0 saturated heterocycles. The summed E-state index contributed by atoms with van der Waals surface area (Å²) in [4.78, 5) is 40.3. The minimum Gasteiger partial charge on any atom is -0.363 e. The molecule has 0 bridgehead atoms. The number of aromatic amines is 1. The minimum absolute atomic E-state index is 0.150. The fourth-order valence-corrected chi connectivity index (χ4v) is 3.66. The van der Waals surface area contributed by atoms with Gasteiger partial charge in [0, 0.05) is 36.1 Å². The lowest BCUT2D eigenvalue weighted by atomic mass is 10.0. The van der Waals surface area contributed by atoms with Crippen LogP contribution in [0.25, 0.3) is 22.2 Å². The molecular formula is C23H21N5O3. The number of Topliss-reactive ketones (excluding diaryl/α,β-unsaturated/α-hetero) is 1. The Morgan fingerprint density at radius 1 is 1.10 bits per heavy atom. The van der Waals surface area contributed by atoms with Gasteiger partial charge in [-0.05, 0) is 11.6 Å². The molecule has 0 fully saturated rings. The largest absolute Gasteiger partial charge is 0.363 e. The molecule has 4 N–H and O–H groups in total. The average Bonchev–Trinajstić information content (AvgIpc) is 3.36. The predicted octanol–water partition coefficient (Wildman–Crippen LogP) is 1.96. The number of aryl methyl sites for hydroxylation is 1. The topological polar surface area (TPSA) is 123 Å². The number of benzene rings is 2. The number of hydrogen-bond acceptors (Lipinski definition) is 4. The molecule has 0 spiro atoms. The molecule has 156 valence electrons. The van der Waals surface area contributed by atoms with Gasteiger partial charge in [0.1, 0.15) is 6.04 Å². The van der Waals surface area contributed by atoms with Crippen molar-refractivity contribution in [2.75, 3.05) is 0 Å². The van der Waals surface area contributed by atoms with Crippen molar-refractivity contribution in [2.24, 2.45) is 12.8 Å². The summed E-state index contributed by atoms with van der Waals surface area (Å²) in [5, 5.41) is 7.85. The third kappa shape index (κ3) is 3.95. The van der Waals surface area contributed by atoms with Gasteiger partial charge in [-0.3, -0.25) is 19.1 Å². The monoisotopic (exact) mass is 415 g/mol. The van der Waals surface area contributed by atoms with E-state index in [0.29, 0.717) is 11.3 Å². The second-order valence-corrected chi connectivity index (χ2v) is 7.22. The second kappa shape index (κ2) is 8.27. The van der Waals surface area contributed by atoms with Crippen LogP contribution < -0.4 is 11.1 Å². The Morgan fingerprint density at radius 2 is 1.81 bits per heavy atom. The highest BCUT2D eigenvalue weighted by molar-refractivity contribution is 6.38. The predicted molar refractivity (Wildman–Crippen MR) is 116 cm³/mol. The second-order valence-electron chi connectivity index (χ2n) is 7.22. The summed E-state index contributed by atoms with van der Waals surface area (Å²) in [6.07, 6.45) is 3.41. The Hall–Kier alpha value is -4.20. The van der Waals surface area contributed by atoms with Gasteiger partial charge in [-0.1, -0.05) is 48.5 Å². The van der Waals surface area contributed by atoms with Crippen molar-refractivity contribution in [3.63, 3.8) is 0 Å². The lowest BCUT2D eigenvalue weighted by Gasteiger charge is -2.16. The van der Waals surface area contributed by atoms with Crippen LogP contribution in [0.2, 0.25) is 0 Å². The first-order chi connectivity index (χ1) is 15.0. The van der Waals surface area contributed by atoms with Gasteiger partial charge < -0.3 is 16.0 Å². The third-order valence-electron chi connectivity index (χ3n) is 5.18. The van der Waals surface area contributed by atoms with Crippen LogP contribution in [0.1, 0.15) is 15.9 Å². The molecule has 0 saturated carbocycles. The summed E-state index contributed by atoms with van der Waals surface area (Å²) in [6, 6.07) is 15.8. The molecule has 2 aromatic carbocycles. The molecule has 31 heavy (non-hydrogen) atoms. The molecule has 8 nitrogen and oxygen atoms in total. The Balaban J connectivity index is 1.67. The van der Waals surface area contributed by atoms with E-state index < -0.39 is 23.6 Å². The number of carbonyl (C=O) groups excluding carboxylic acids is 3. The maximum Gasteiger partial charge on any atom is 0.287 e. The van der Waals surface area contributed by atoms with Gasteiger partial charge in [0.25, 0.3) is 11.8 Å². The van der Waals surface area contributed by atoms with E-state index in [1.54, 1.807) is 11.7 Å². The summed E-state index contributed by atoms with van der Waals surface area (Å²) >= 11 is 0. The highest BCUT2D eigenvalue weighted by atomic mass is 16.2. The van der Waals surface area contributed by atoms with Crippen molar-refractivity contribution in [2.45, 2.75) is 12.5 Å². The molecule has 0 aliphatic heterocycles. The number of ketones is 1. The van der Waals surface area contributed by atoms with Gasteiger partial charge >= 0.3 is 0 Å². The molecule has 4 aromatic rings. The maximum absolute atomic E-state index is 13.2. The first-order valence-electron chi connectivity index (χ1n) is 9.72. The SMILES string of the molecule is Cn1ncc(C(=O)NC(Cc2ccccc2)C(=O)C(N)=O)c1-c1c[nH]c2ccccc12. The molecule has 4 rings (SSSR count). The van der Waals surface area contributed by atoms with Crippen LogP contribution in [-0.2, 0) is 23.1 Å². The number of rotatable bonds is 7. The zero-order valence-corrected chi connectivity index (χ0v) is 16.8. The van der Waals surface area contributed by atoms with Crippen LogP contribution in [0.15, 0.2) is 67.0 Å². The van der Waals surface area contributed by atoms with Gasteiger partial charge in [-0.2, -0.15) is 5.10 Å². The van der Waals surface area contributed by atoms with E-state index >= 15 is 0 Å². The third-order valence-corrected chi connectivity index (χ3v) is 5.18. The van der Waals surface area contributed by atoms with Gasteiger partial charge in [0.15, 0.2) is 0 Å². The Morgan fingerprint density at radius 3 is 2.55 bits per heavy atom. The van der Waals surface area contributed by atoms with E-state index in [4.69, 9.17) is 5.73 Å². The molecule has 1 atom stereocenters. The molecule has 0 aliphatic carbocycles. The summed E-state index contributed by atoms with van der Waals surface area (Å²) in [5.74, 6) is -2.46. The van der Waals surface area contributed by atoms with E-state index in [2.05, 4.69) is 15.4 Å². The molecule has 2 aromatic heterocycles. The van der Waals surface area contributed by atoms with Crippen molar-refractivity contribution in [3.05, 3.63) is 78.1 Å². The van der Waals surface area contributed by atoms with Crippen LogP contribution in [-0.4, -0.2) is 38.4 Å². The average molecular weight is 415 g/mol. The number of aromatic nitrogens is 3. The quantitative estimate of drug-likeness (QED) is 0.399. The number of fused-ring (bicyclic) bond motifs is 1. The van der Waals surface area contributed by atoms with E-state index in [1.165, 1.54) is 6.20 Å². The molecule has 8 heteroatoms. The van der Waals surface area contributed by atoms with Gasteiger partial charge in [0.2, 0.25) is 5.78 Å². The van der Waals surface area contributed by atoms with Crippen molar-refractivity contribution in [1.29, 1.82) is 0 Å². The van der Waals surface area contributed by atoms with E-state index in [9.17, 15) is 14.4 Å². The standard InChI is InChI=1S/C23H21N5O3/c1-28-20(16-12-25-18-10-6-5-9-15(16)18)17(13-26-28)23(31)27-19(21(29)22(24)30)11-14-7-3-2-4-8-14/h2-10,12-13,19,25H,11H2,1H3,(H2,24,30)(H,27,31). The fourth-order valence-electron chi connectivity index (χ4n) is 3.66. The number of hydrogen-bond donors (Lipinski definition) is 3. The molecule has 2 amide bonds. The van der Waals surface area contributed by atoms with Crippen LogP contribution in [0.3, 0.4) is 0 Å². The number of nitrogens with one attached hydrogen (secondary N) is 2. The molecular weight excluding hydrogens is 394 g/mol. The van der Waals surface area contributed by atoms with E-state index in [1.807, 2.05) is 60.8 Å². The molecule has 1 unspecified atom stereocenters.